The molecular weight excluding hydrogens is 272 g/mol. The van der Waals surface area contributed by atoms with Crippen LogP contribution < -0.4 is 5.32 Å². The van der Waals surface area contributed by atoms with Gasteiger partial charge in [-0.05, 0) is 36.8 Å². The van der Waals surface area contributed by atoms with E-state index in [1.54, 1.807) is 0 Å². The van der Waals surface area contributed by atoms with Gasteiger partial charge in [0.05, 0.1) is 4.92 Å². The SMILES string of the molecule is CCC1CCC(NC(=O)c2ccc([N+](=O)[O-])c(O)c2)C1C. The zero-order chi connectivity index (χ0) is 15.6. The number of carbonyl (C=O) groups excluding carboxylic acids is 1. The molecule has 6 heteroatoms. The van der Waals surface area contributed by atoms with Gasteiger partial charge >= 0.3 is 5.69 Å². The van der Waals surface area contributed by atoms with E-state index in [9.17, 15) is 20.0 Å². The number of hydrogen-bond acceptors (Lipinski definition) is 4. The molecule has 6 nitrogen and oxygen atoms in total. The fraction of sp³-hybridized carbons (Fsp3) is 0.533. The highest BCUT2D eigenvalue weighted by Crippen LogP contribution is 2.34. The van der Waals surface area contributed by atoms with Gasteiger partial charge in [-0.15, -0.1) is 0 Å². The van der Waals surface area contributed by atoms with Crippen LogP contribution in [0.5, 0.6) is 5.75 Å². The highest BCUT2D eigenvalue weighted by Gasteiger charge is 2.32. The van der Waals surface area contributed by atoms with Crippen molar-refractivity contribution < 1.29 is 14.8 Å². The minimum absolute atomic E-state index is 0.125. The van der Waals surface area contributed by atoms with E-state index >= 15 is 0 Å². The molecule has 1 aromatic carbocycles. The lowest BCUT2D eigenvalue weighted by molar-refractivity contribution is -0.385. The number of benzene rings is 1. The molecule has 0 heterocycles. The molecule has 0 aromatic heterocycles. The lowest BCUT2D eigenvalue weighted by atomic mass is 9.93. The van der Waals surface area contributed by atoms with Crippen molar-refractivity contribution in [1.82, 2.24) is 5.32 Å². The van der Waals surface area contributed by atoms with Crippen molar-refractivity contribution in [3.63, 3.8) is 0 Å². The minimum Gasteiger partial charge on any atom is -0.502 e. The molecule has 1 aromatic rings. The molecule has 1 fully saturated rings. The molecule has 3 atom stereocenters. The number of aromatic hydroxyl groups is 1. The molecule has 21 heavy (non-hydrogen) atoms. The molecule has 0 bridgehead atoms. The summed E-state index contributed by atoms with van der Waals surface area (Å²) in [6.07, 6.45) is 3.16. The number of carbonyl (C=O) groups is 1. The number of nitro groups is 1. The Labute approximate surface area is 123 Å². The Morgan fingerprint density at radius 3 is 2.71 bits per heavy atom. The van der Waals surface area contributed by atoms with Crippen LogP contribution in [0, 0.1) is 22.0 Å². The Bertz CT molecular complexity index is 559. The van der Waals surface area contributed by atoms with E-state index < -0.39 is 16.4 Å². The van der Waals surface area contributed by atoms with E-state index in [-0.39, 0.29) is 17.5 Å². The van der Waals surface area contributed by atoms with Crippen molar-refractivity contribution in [1.29, 1.82) is 0 Å². The van der Waals surface area contributed by atoms with E-state index in [0.29, 0.717) is 11.8 Å². The maximum absolute atomic E-state index is 12.2. The Hall–Kier alpha value is -2.11. The van der Waals surface area contributed by atoms with Gasteiger partial charge in [0, 0.05) is 17.7 Å². The summed E-state index contributed by atoms with van der Waals surface area (Å²) in [5.41, 5.74) is -0.155. The third-order valence-electron chi connectivity index (χ3n) is 4.50. The molecule has 0 spiro atoms. The molecule has 0 saturated heterocycles. The van der Waals surface area contributed by atoms with Crippen LogP contribution in [0.25, 0.3) is 0 Å². The molecule has 0 radical (unpaired) electrons. The summed E-state index contributed by atoms with van der Waals surface area (Å²) in [6.45, 7) is 4.29. The number of rotatable bonds is 4. The second-order valence-electron chi connectivity index (χ2n) is 5.65. The predicted molar refractivity (Wildman–Crippen MR) is 78.2 cm³/mol. The van der Waals surface area contributed by atoms with Crippen LogP contribution in [0.2, 0.25) is 0 Å². The number of nitrogens with one attached hydrogen (secondary N) is 1. The number of nitro benzene ring substituents is 1. The van der Waals surface area contributed by atoms with Gasteiger partial charge in [0.1, 0.15) is 0 Å². The van der Waals surface area contributed by atoms with Gasteiger partial charge in [-0.1, -0.05) is 20.3 Å². The van der Waals surface area contributed by atoms with Gasteiger partial charge in [-0.2, -0.15) is 0 Å². The van der Waals surface area contributed by atoms with Gasteiger partial charge in [0.2, 0.25) is 0 Å². The Balaban J connectivity index is 2.07. The van der Waals surface area contributed by atoms with Gasteiger partial charge in [-0.3, -0.25) is 14.9 Å². The quantitative estimate of drug-likeness (QED) is 0.659. The summed E-state index contributed by atoms with van der Waals surface area (Å²) in [4.78, 5) is 22.1. The molecular formula is C15H20N2O4. The van der Waals surface area contributed by atoms with Crippen molar-refractivity contribution in [3.05, 3.63) is 33.9 Å². The standard InChI is InChI=1S/C15H20N2O4/c1-3-10-4-6-12(9(10)2)16-15(19)11-5-7-13(17(20)21)14(18)8-11/h5,7-10,12,18H,3-4,6H2,1-2H3,(H,16,19). The number of amides is 1. The highest BCUT2D eigenvalue weighted by molar-refractivity contribution is 5.95. The van der Waals surface area contributed by atoms with Crippen LogP contribution in [0.3, 0.4) is 0 Å². The van der Waals surface area contributed by atoms with E-state index in [2.05, 4.69) is 19.2 Å². The lowest BCUT2D eigenvalue weighted by Crippen LogP contribution is -2.37. The van der Waals surface area contributed by atoms with Crippen molar-refractivity contribution in [2.45, 2.75) is 39.2 Å². The Morgan fingerprint density at radius 1 is 1.48 bits per heavy atom. The second-order valence-corrected chi connectivity index (χ2v) is 5.65. The molecule has 2 rings (SSSR count). The molecule has 1 saturated carbocycles. The zero-order valence-electron chi connectivity index (χ0n) is 12.2. The molecule has 3 unspecified atom stereocenters. The summed E-state index contributed by atoms with van der Waals surface area (Å²) >= 11 is 0. The normalized spacial score (nSPS) is 24.8. The minimum atomic E-state index is -0.679. The first-order valence-corrected chi connectivity index (χ1v) is 7.22. The third kappa shape index (κ3) is 3.15. The number of nitrogens with zero attached hydrogens (tertiary/aromatic N) is 1. The topological polar surface area (TPSA) is 92.5 Å². The second kappa shape index (κ2) is 6.11. The van der Waals surface area contributed by atoms with Crippen LogP contribution in [-0.4, -0.2) is 22.0 Å². The zero-order valence-corrected chi connectivity index (χ0v) is 12.2. The summed E-state index contributed by atoms with van der Waals surface area (Å²) < 4.78 is 0. The first-order chi connectivity index (χ1) is 9.93. The van der Waals surface area contributed by atoms with Gasteiger partial charge in [-0.25, -0.2) is 0 Å². The molecule has 1 aliphatic rings. The lowest BCUT2D eigenvalue weighted by Gasteiger charge is -2.21. The Morgan fingerprint density at radius 2 is 2.19 bits per heavy atom. The number of hydrogen-bond donors (Lipinski definition) is 2. The van der Waals surface area contributed by atoms with E-state index in [1.165, 1.54) is 6.07 Å². The number of phenols is 1. The molecule has 1 amide bonds. The summed E-state index contributed by atoms with van der Waals surface area (Å²) in [5, 5.41) is 23.2. The predicted octanol–water partition coefficient (Wildman–Crippen LogP) is 2.85. The smallest absolute Gasteiger partial charge is 0.310 e. The maximum Gasteiger partial charge on any atom is 0.310 e. The van der Waals surface area contributed by atoms with Crippen LogP contribution in [0.15, 0.2) is 18.2 Å². The van der Waals surface area contributed by atoms with Crippen molar-refractivity contribution >= 4 is 11.6 Å². The van der Waals surface area contributed by atoms with Crippen LogP contribution >= 0.6 is 0 Å². The van der Waals surface area contributed by atoms with Crippen molar-refractivity contribution in [2.24, 2.45) is 11.8 Å². The molecule has 1 aliphatic carbocycles. The Kier molecular flexibility index (Phi) is 4.45. The molecule has 0 aliphatic heterocycles. The van der Waals surface area contributed by atoms with Gasteiger partial charge in [0.25, 0.3) is 5.91 Å². The van der Waals surface area contributed by atoms with Crippen LogP contribution in [-0.2, 0) is 0 Å². The van der Waals surface area contributed by atoms with Crippen molar-refractivity contribution in [2.75, 3.05) is 0 Å². The van der Waals surface area contributed by atoms with Crippen molar-refractivity contribution in [3.8, 4) is 5.75 Å². The van der Waals surface area contributed by atoms with E-state index in [4.69, 9.17) is 0 Å². The van der Waals surface area contributed by atoms with Crippen LogP contribution in [0.1, 0.15) is 43.5 Å². The first-order valence-electron chi connectivity index (χ1n) is 7.22. The average Bonchev–Trinajstić information content (AvgIpc) is 2.79. The molecule has 114 valence electrons. The van der Waals surface area contributed by atoms with E-state index in [1.807, 2.05) is 0 Å². The van der Waals surface area contributed by atoms with E-state index in [0.717, 1.165) is 31.4 Å². The molecule has 2 N–H and O–H groups in total. The summed E-state index contributed by atoms with van der Waals surface area (Å²) in [7, 11) is 0. The fourth-order valence-corrected chi connectivity index (χ4v) is 3.10. The van der Waals surface area contributed by atoms with Crippen LogP contribution in [0.4, 0.5) is 5.69 Å². The monoisotopic (exact) mass is 292 g/mol. The third-order valence-corrected chi connectivity index (χ3v) is 4.50. The largest absolute Gasteiger partial charge is 0.502 e. The fourth-order valence-electron chi connectivity index (χ4n) is 3.10. The summed E-state index contributed by atoms with van der Waals surface area (Å²) in [6, 6.07) is 3.78. The average molecular weight is 292 g/mol. The highest BCUT2D eigenvalue weighted by atomic mass is 16.6. The number of phenolic OH excluding ortho intramolecular Hbond substituents is 1. The van der Waals surface area contributed by atoms with Gasteiger partial charge in [0.15, 0.2) is 5.75 Å². The first kappa shape index (κ1) is 15.3. The summed E-state index contributed by atoms with van der Waals surface area (Å²) in [5.74, 6) is 0.263. The van der Waals surface area contributed by atoms with Gasteiger partial charge < -0.3 is 10.4 Å². The maximum atomic E-state index is 12.2.